The number of methoxy groups -OCH3 is 1. The molecule has 1 aromatic rings. The zero-order valence-electron chi connectivity index (χ0n) is 8.62. The Morgan fingerprint density at radius 2 is 2.25 bits per heavy atom. The highest BCUT2D eigenvalue weighted by Gasteiger charge is 2.24. The topological polar surface area (TPSA) is 63.0 Å². The number of alkyl halides is 2. The highest BCUT2D eigenvalue weighted by atomic mass is 19.3. The molecule has 1 aromatic heterocycles. The first-order valence-corrected chi connectivity index (χ1v) is 4.29. The first-order chi connectivity index (χ1) is 7.52. The average molecular weight is 226 g/mol. The van der Waals surface area contributed by atoms with Gasteiger partial charge in [-0.25, -0.2) is 13.6 Å². The van der Waals surface area contributed by atoms with Crippen LogP contribution in [0.2, 0.25) is 0 Å². The van der Waals surface area contributed by atoms with Gasteiger partial charge in [0.15, 0.2) is 0 Å². The van der Waals surface area contributed by atoms with Gasteiger partial charge >= 0.3 is 5.97 Å². The van der Waals surface area contributed by atoms with Crippen molar-refractivity contribution in [2.75, 3.05) is 7.11 Å². The van der Waals surface area contributed by atoms with E-state index in [2.05, 4.69) is 9.72 Å². The lowest BCUT2D eigenvalue weighted by molar-refractivity contribution is 0.0588. The number of pyridine rings is 1. The fourth-order valence-corrected chi connectivity index (χ4v) is 1.27. The van der Waals surface area contributed by atoms with E-state index < -0.39 is 18.0 Å². The molecule has 0 atom stereocenters. The van der Waals surface area contributed by atoms with Crippen LogP contribution < -0.4 is 0 Å². The molecule has 1 heterocycles. The number of aryl methyl sites for hydroxylation is 1. The summed E-state index contributed by atoms with van der Waals surface area (Å²) in [7, 11) is 1.07. The van der Waals surface area contributed by atoms with Gasteiger partial charge in [0.2, 0.25) is 0 Å². The fraction of sp³-hybridized carbons (Fsp3) is 0.300. The predicted molar refractivity (Wildman–Crippen MR) is 50.0 cm³/mol. The Kier molecular flexibility index (Phi) is 3.51. The smallest absolute Gasteiger partial charge is 0.339 e. The number of rotatable bonds is 2. The third-order valence-electron chi connectivity index (χ3n) is 2.04. The number of carbonyl (C=O) groups is 1. The fourth-order valence-electron chi connectivity index (χ4n) is 1.27. The van der Waals surface area contributed by atoms with E-state index in [1.165, 1.54) is 6.92 Å². The number of hydrogen-bond donors (Lipinski definition) is 0. The van der Waals surface area contributed by atoms with E-state index in [4.69, 9.17) is 5.26 Å². The van der Waals surface area contributed by atoms with Gasteiger partial charge in [-0.1, -0.05) is 0 Å². The van der Waals surface area contributed by atoms with Crippen LogP contribution in [-0.2, 0) is 4.74 Å². The van der Waals surface area contributed by atoms with Crippen LogP contribution in [0.5, 0.6) is 0 Å². The lowest BCUT2D eigenvalue weighted by atomic mass is 10.0. The highest BCUT2D eigenvalue weighted by Crippen LogP contribution is 2.27. The van der Waals surface area contributed by atoms with Crippen molar-refractivity contribution in [3.8, 4) is 6.07 Å². The quantitative estimate of drug-likeness (QED) is 0.723. The molecule has 0 aliphatic rings. The molecule has 6 heteroatoms. The van der Waals surface area contributed by atoms with Crippen LogP contribution in [0.3, 0.4) is 0 Å². The van der Waals surface area contributed by atoms with Crippen molar-refractivity contribution in [1.29, 1.82) is 5.26 Å². The summed E-state index contributed by atoms with van der Waals surface area (Å²) in [6.07, 6.45) is -1.94. The van der Waals surface area contributed by atoms with Gasteiger partial charge in [-0.05, 0) is 6.92 Å². The minimum absolute atomic E-state index is 0.158. The summed E-state index contributed by atoms with van der Waals surface area (Å²) in [6.45, 7) is 1.42. The zero-order valence-corrected chi connectivity index (χ0v) is 8.62. The van der Waals surface area contributed by atoms with Crippen LogP contribution in [0.25, 0.3) is 0 Å². The van der Waals surface area contributed by atoms with E-state index in [1.54, 1.807) is 6.07 Å². The van der Waals surface area contributed by atoms with E-state index >= 15 is 0 Å². The second kappa shape index (κ2) is 4.66. The number of esters is 1. The summed E-state index contributed by atoms with van der Waals surface area (Å²) in [5.41, 5.74) is -1.12. The molecule has 0 saturated carbocycles. The normalized spacial score (nSPS) is 10.0. The van der Waals surface area contributed by atoms with Gasteiger partial charge in [-0.3, -0.25) is 4.98 Å². The molecule has 0 aliphatic carbocycles. The molecule has 0 fully saturated rings. The Morgan fingerprint density at radius 3 is 2.69 bits per heavy atom. The summed E-state index contributed by atoms with van der Waals surface area (Å²) < 4.78 is 29.9. The Balaban J connectivity index is 3.53. The Morgan fingerprint density at radius 1 is 1.62 bits per heavy atom. The molecule has 4 nitrogen and oxygen atoms in total. The third kappa shape index (κ3) is 1.98. The van der Waals surface area contributed by atoms with Crippen LogP contribution in [-0.4, -0.2) is 18.1 Å². The largest absolute Gasteiger partial charge is 0.465 e. The molecule has 84 valence electrons. The summed E-state index contributed by atoms with van der Waals surface area (Å²) in [4.78, 5) is 14.9. The Labute approximate surface area is 90.5 Å². The molecule has 0 radical (unpaired) electrons. The number of nitriles is 1. The maximum atomic E-state index is 12.8. The molecule has 0 spiro atoms. The zero-order chi connectivity index (χ0) is 12.3. The molecule has 0 aliphatic heterocycles. The standard InChI is InChI=1S/C10H8F2N2O2/c1-5-6(3-13)8(9(11)12)7(4-14-5)10(15)16-2/h4,9H,1-2H3. The van der Waals surface area contributed by atoms with Crippen molar-refractivity contribution in [3.05, 3.63) is 28.6 Å². The lowest BCUT2D eigenvalue weighted by Crippen LogP contribution is -2.10. The van der Waals surface area contributed by atoms with Crippen LogP contribution in [0.1, 0.15) is 33.6 Å². The third-order valence-corrected chi connectivity index (χ3v) is 2.04. The van der Waals surface area contributed by atoms with E-state index in [0.717, 1.165) is 13.3 Å². The number of carbonyl (C=O) groups excluding carboxylic acids is 1. The molecule has 0 N–H and O–H groups in total. The molecular weight excluding hydrogens is 218 g/mol. The van der Waals surface area contributed by atoms with E-state index in [9.17, 15) is 13.6 Å². The van der Waals surface area contributed by atoms with Crippen LogP contribution >= 0.6 is 0 Å². The second-order valence-electron chi connectivity index (χ2n) is 2.95. The first-order valence-electron chi connectivity index (χ1n) is 4.29. The summed E-state index contributed by atoms with van der Waals surface area (Å²) in [5, 5.41) is 8.75. The molecule has 16 heavy (non-hydrogen) atoms. The van der Waals surface area contributed by atoms with Crippen LogP contribution in [0, 0.1) is 18.3 Å². The van der Waals surface area contributed by atoms with E-state index in [-0.39, 0.29) is 16.8 Å². The van der Waals surface area contributed by atoms with Gasteiger partial charge < -0.3 is 4.74 Å². The Hall–Kier alpha value is -2.03. The van der Waals surface area contributed by atoms with Crippen molar-refractivity contribution >= 4 is 5.97 Å². The van der Waals surface area contributed by atoms with Gasteiger partial charge in [-0.15, -0.1) is 0 Å². The number of hydrogen-bond acceptors (Lipinski definition) is 4. The number of ether oxygens (including phenoxy) is 1. The van der Waals surface area contributed by atoms with Crippen molar-refractivity contribution < 1.29 is 18.3 Å². The summed E-state index contributed by atoms with van der Waals surface area (Å²) in [5.74, 6) is -0.931. The molecule has 1 rings (SSSR count). The number of nitrogens with zero attached hydrogens (tertiary/aromatic N) is 2. The molecule has 0 amide bonds. The van der Waals surface area contributed by atoms with Crippen LogP contribution in [0.15, 0.2) is 6.20 Å². The molecule has 0 unspecified atom stereocenters. The molecule has 0 saturated heterocycles. The van der Waals surface area contributed by atoms with Gasteiger partial charge in [0.05, 0.1) is 29.5 Å². The van der Waals surface area contributed by atoms with Crippen molar-refractivity contribution in [2.24, 2.45) is 0 Å². The Bertz CT molecular complexity index is 467. The first kappa shape index (κ1) is 12.0. The molecular formula is C10H8F2N2O2. The monoisotopic (exact) mass is 226 g/mol. The maximum Gasteiger partial charge on any atom is 0.339 e. The van der Waals surface area contributed by atoms with E-state index in [1.807, 2.05) is 0 Å². The van der Waals surface area contributed by atoms with Gasteiger partial charge in [0, 0.05) is 6.20 Å². The SMILES string of the molecule is COC(=O)c1cnc(C)c(C#N)c1C(F)F. The van der Waals surface area contributed by atoms with Crippen molar-refractivity contribution in [2.45, 2.75) is 13.3 Å². The average Bonchev–Trinajstić information content (AvgIpc) is 2.27. The number of halogens is 2. The van der Waals surface area contributed by atoms with Gasteiger partial charge in [0.25, 0.3) is 6.43 Å². The summed E-state index contributed by atoms with van der Waals surface area (Å²) >= 11 is 0. The minimum Gasteiger partial charge on any atom is -0.465 e. The number of aromatic nitrogens is 1. The summed E-state index contributed by atoms with van der Waals surface area (Å²) in [6, 6.07) is 1.61. The maximum absolute atomic E-state index is 12.8. The van der Waals surface area contributed by atoms with Crippen molar-refractivity contribution in [1.82, 2.24) is 4.98 Å². The van der Waals surface area contributed by atoms with Crippen molar-refractivity contribution in [3.63, 3.8) is 0 Å². The van der Waals surface area contributed by atoms with Gasteiger partial charge in [0.1, 0.15) is 6.07 Å². The minimum atomic E-state index is -2.93. The van der Waals surface area contributed by atoms with Crippen LogP contribution in [0.4, 0.5) is 8.78 Å². The second-order valence-corrected chi connectivity index (χ2v) is 2.95. The lowest BCUT2D eigenvalue weighted by Gasteiger charge is -2.09. The van der Waals surface area contributed by atoms with Gasteiger partial charge in [-0.2, -0.15) is 5.26 Å². The van der Waals surface area contributed by atoms with E-state index in [0.29, 0.717) is 0 Å². The molecule has 0 aromatic carbocycles. The predicted octanol–water partition coefficient (Wildman–Crippen LogP) is 1.99. The molecule has 0 bridgehead atoms. The highest BCUT2D eigenvalue weighted by molar-refractivity contribution is 5.91.